The monoisotopic (exact) mass is 365 g/mol. The third-order valence-corrected chi connectivity index (χ3v) is 9.19. The van der Waals surface area contributed by atoms with Crippen molar-refractivity contribution in [1.29, 1.82) is 0 Å². The topological polar surface area (TPSA) is 32.3 Å². The van der Waals surface area contributed by atoms with Crippen LogP contribution in [0.1, 0.15) is 71.6 Å². The van der Waals surface area contributed by atoms with Crippen molar-refractivity contribution in [2.24, 2.45) is 28.6 Å². The van der Waals surface area contributed by atoms with Crippen molar-refractivity contribution in [2.75, 3.05) is 0 Å². The lowest BCUT2D eigenvalue weighted by Gasteiger charge is -2.59. The normalized spacial score (nSPS) is 52.7. The van der Waals surface area contributed by atoms with Crippen LogP contribution in [0.5, 0.6) is 0 Å². The van der Waals surface area contributed by atoms with E-state index in [9.17, 15) is 13.9 Å². The maximum atomic E-state index is 14.8. The largest absolute Gasteiger partial charge is 0.386 e. The van der Waals surface area contributed by atoms with Gasteiger partial charge in [0.25, 0.3) is 5.92 Å². The Bertz CT molecular complexity index is 630. The Morgan fingerprint density at radius 1 is 1.00 bits per heavy atom. The first kappa shape index (κ1) is 17.6. The summed E-state index contributed by atoms with van der Waals surface area (Å²) in [6, 6.07) is 1.36. The summed E-state index contributed by atoms with van der Waals surface area (Å²) in [5.41, 5.74) is 0.177. The molecular formula is C22H33F2NO. The van der Waals surface area contributed by atoms with E-state index in [4.69, 9.17) is 0 Å². The average Bonchev–Trinajstić information content (AvgIpc) is 3.34. The zero-order valence-electron chi connectivity index (χ0n) is 16.1. The first-order valence-electron chi connectivity index (χ1n) is 10.8. The van der Waals surface area contributed by atoms with Gasteiger partial charge in [0, 0.05) is 17.7 Å². The van der Waals surface area contributed by atoms with Gasteiger partial charge in [-0.05, 0) is 86.4 Å². The van der Waals surface area contributed by atoms with Crippen LogP contribution in [-0.2, 0) is 0 Å². The van der Waals surface area contributed by atoms with Crippen molar-refractivity contribution in [3.05, 3.63) is 11.6 Å². The molecule has 0 aromatic carbocycles. The Balaban J connectivity index is 1.46. The molecule has 4 saturated carbocycles. The molecule has 0 bridgehead atoms. The number of halogens is 2. The minimum atomic E-state index is -3.04. The fourth-order valence-electron chi connectivity index (χ4n) is 7.54. The first-order chi connectivity index (χ1) is 12.3. The summed E-state index contributed by atoms with van der Waals surface area (Å²) >= 11 is 0. The zero-order chi connectivity index (χ0) is 18.3. The van der Waals surface area contributed by atoms with Crippen LogP contribution in [0.2, 0.25) is 0 Å². The molecule has 4 heteroatoms. The molecule has 7 atom stereocenters. The molecule has 0 aliphatic heterocycles. The van der Waals surface area contributed by atoms with Gasteiger partial charge in [0.2, 0.25) is 0 Å². The summed E-state index contributed by atoms with van der Waals surface area (Å²) in [4.78, 5) is 0. The van der Waals surface area contributed by atoms with Crippen LogP contribution in [0.15, 0.2) is 11.6 Å². The van der Waals surface area contributed by atoms with Gasteiger partial charge in [-0.15, -0.1) is 0 Å². The summed E-state index contributed by atoms with van der Waals surface area (Å²) in [5.74, 6) is -1.48. The van der Waals surface area contributed by atoms with Crippen LogP contribution in [0.3, 0.4) is 0 Å². The lowest BCUT2D eigenvalue weighted by atomic mass is 9.47. The van der Waals surface area contributed by atoms with E-state index in [1.54, 1.807) is 0 Å². The van der Waals surface area contributed by atoms with Gasteiger partial charge in [-0.1, -0.05) is 19.9 Å². The lowest BCUT2D eigenvalue weighted by Crippen LogP contribution is -2.57. The third kappa shape index (κ3) is 2.27. The van der Waals surface area contributed by atoms with Crippen LogP contribution in [-0.4, -0.2) is 29.2 Å². The van der Waals surface area contributed by atoms with Gasteiger partial charge < -0.3 is 10.4 Å². The highest BCUT2D eigenvalue weighted by molar-refractivity contribution is 5.32. The van der Waals surface area contributed by atoms with Crippen LogP contribution < -0.4 is 5.32 Å². The Morgan fingerprint density at radius 3 is 2.50 bits per heavy atom. The Morgan fingerprint density at radius 2 is 1.77 bits per heavy atom. The quantitative estimate of drug-likeness (QED) is 0.697. The van der Waals surface area contributed by atoms with E-state index in [2.05, 4.69) is 19.2 Å². The highest BCUT2D eigenvalue weighted by atomic mass is 19.3. The predicted octanol–water partition coefficient (Wildman–Crippen LogP) is 4.68. The third-order valence-electron chi connectivity index (χ3n) is 9.19. The molecule has 26 heavy (non-hydrogen) atoms. The summed E-state index contributed by atoms with van der Waals surface area (Å²) in [6.07, 6.45) is 9.47. The highest BCUT2D eigenvalue weighted by Crippen LogP contribution is 2.66. The maximum absolute atomic E-state index is 14.8. The number of fused-ring (bicyclic) bond motifs is 5. The van der Waals surface area contributed by atoms with Crippen molar-refractivity contribution in [1.82, 2.24) is 5.32 Å². The number of alkyl halides is 2. The van der Waals surface area contributed by atoms with E-state index in [1.165, 1.54) is 32.1 Å². The van der Waals surface area contributed by atoms with E-state index < -0.39 is 17.4 Å². The molecule has 2 N–H and O–H groups in total. The van der Waals surface area contributed by atoms with Crippen molar-refractivity contribution in [2.45, 2.75) is 95.7 Å². The fourth-order valence-corrected chi connectivity index (χ4v) is 7.54. The maximum Gasteiger partial charge on any atom is 0.295 e. The Kier molecular flexibility index (Phi) is 3.75. The van der Waals surface area contributed by atoms with Gasteiger partial charge >= 0.3 is 0 Å². The van der Waals surface area contributed by atoms with Crippen molar-refractivity contribution in [3.63, 3.8) is 0 Å². The average molecular weight is 366 g/mol. The van der Waals surface area contributed by atoms with E-state index in [1.807, 2.05) is 6.08 Å². The minimum Gasteiger partial charge on any atom is -0.386 e. The molecule has 5 aliphatic carbocycles. The molecule has 0 aromatic rings. The molecule has 0 amide bonds. The minimum absolute atomic E-state index is 0.234. The van der Waals surface area contributed by atoms with Crippen molar-refractivity contribution < 1.29 is 13.9 Å². The fraction of sp³-hybridized carbons (Fsp3) is 0.909. The van der Waals surface area contributed by atoms with Crippen LogP contribution in [0.4, 0.5) is 8.78 Å². The van der Waals surface area contributed by atoms with Gasteiger partial charge in [0.1, 0.15) is 6.10 Å². The number of hydrogen-bond donors (Lipinski definition) is 2. The van der Waals surface area contributed by atoms with E-state index in [-0.39, 0.29) is 12.0 Å². The number of aliphatic hydroxyl groups is 1. The van der Waals surface area contributed by atoms with Crippen LogP contribution in [0, 0.1) is 28.6 Å². The predicted molar refractivity (Wildman–Crippen MR) is 98.0 cm³/mol. The van der Waals surface area contributed by atoms with Crippen LogP contribution >= 0.6 is 0 Å². The molecule has 0 spiro atoms. The van der Waals surface area contributed by atoms with Gasteiger partial charge in [-0.3, -0.25) is 0 Å². The Hall–Kier alpha value is -0.480. The number of allylic oxidation sites excluding steroid dienone is 1. The molecular weight excluding hydrogens is 332 g/mol. The molecule has 0 radical (unpaired) electrons. The molecule has 0 saturated heterocycles. The van der Waals surface area contributed by atoms with E-state index in [0.29, 0.717) is 35.6 Å². The SMILES string of the molecule is C[C@]12CC[C@H]3[C@@H](CC=C4C(F)(F)[C@@H](O)CC[C@@]43C)[C@@H]1CC[C@@H]2NC1CC1. The molecule has 0 unspecified atom stereocenters. The standard InChI is InChI=1S/C22H33F2NO/c1-20-12-10-19(26)22(23,24)17(20)7-5-14-15-6-8-18(25-13-3-4-13)21(15,2)11-9-16(14)20/h7,13-16,18-19,25-26H,3-6,8-12H2,1-2H3/t14-,15-,16-,18-,19-,20+,21-/m0/s1. The van der Waals surface area contributed by atoms with Crippen LogP contribution in [0.25, 0.3) is 0 Å². The van der Waals surface area contributed by atoms with Gasteiger partial charge in [0.15, 0.2) is 0 Å². The van der Waals surface area contributed by atoms with Crippen molar-refractivity contribution >= 4 is 0 Å². The molecule has 2 nitrogen and oxygen atoms in total. The second-order valence-corrected chi connectivity index (χ2v) is 10.4. The Labute approximate surface area is 155 Å². The zero-order valence-corrected chi connectivity index (χ0v) is 16.1. The second-order valence-electron chi connectivity index (χ2n) is 10.4. The molecule has 0 aromatic heterocycles. The molecule has 5 rings (SSSR count). The number of hydrogen-bond acceptors (Lipinski definition) is 2. The van der Waals surface area contributed by atoms with Gasteiger partial charge in [0.05, 0.1) is 0 Å². The summed E-state index contributed by atoms with van der Waals surface area (Å²) < 4.78 is 29.5. The smallest absolute Gasteiger partial charge is 0.295 e. The number of rotatable bonds is 2. The van der Waals surface area contributed by atoms with Gasteiger partial charge in [-0.2, -0.15) is 8.78 Å². The lowest BCUT2D eigenvalue weighted by molar-refractivity contribution is -0.141. The molecule has 0 heterocycles. The molecule has 146 valence electrons. The summed E-state index contributed by atoms with van der Waals surface area (Å²) in [6.45, 7) is 4.55. The number of nitrogens with one attached hydrogen (secondary N) is 1. The summed E-state index contributed by atoms with van der Waals surface area (Å²) in [5, 5.41) is 13.8. The van der Waals surface area contributed by atoms with E-state index >= 15 is 0 Å². The van der Waals surface area contributed by atoms with Gasteiger partial charge in [-0.25, -0.2) is 0 Å². The number of aliphatic hydroxyl groups excluding tert-OH is 1. The van der Waals surface area contributed by atoms with E-state index in [0.717, 1.165) is 18.9 Å². The summed E-state index contributed by atoms with van der Waals surface area (Å²) in [7, 11) is 0. The second kappa shape index (κ2) is 5.53. The highest BCUT2D eigenvalue weighted by Gasteiger charge is 2.63. The molecule has 5 aliphatic rings. The first-order valence-corrected chi connectivity index (χ1v) is 10.8. The molecule has 4 fully saturated rings. The van der Waals surface area contributed by atoms with Crippen molar-refractivity contribution in [3.8, 4) is 0 Å².